The molecule has 23 heavy (non-hydrogen) atoms. The Hall–Kier alpha value is -2.50. The van der Waals surface area contributed by atoms with Gasteiger partial charge in [0.25, 0.3) is 0 Å². The molecule has 0 saturated carbocycles. The summed E-state index contributed by atoms with van der Waals surface area (Å²) >= 11 is 0. The minimum Gasteiger partial charge on any atom is -0.339 e. The third-order valence-corrected chi connectivity index (χ3v) is 3.74. The van der Waals surface area contributed by atoms with E-state index in [4.69, 9.17) is 4.52 Å². The highest BCUT2D eigenvalue weighted by Gasteiger charge is 2.24. The van der Waals surface area contributed by atoms with E-state index in [2.05, 4.69) is 20.3 Å². The number of hydrogen-bond donors (Lipinski definition) is 1. The second-order valence-electron chi connectivity index (χ2n) is 6.79. The minimum atomic E-state index is -0.176. The number of nitrogens with one attached hydrogen (secondary N) is 1. The van der Waals surface area contributed by atoms with Crippen molar-refractivity contribution < 1.29 is 9.32 Å². The number of carbonyl (C=O) groups is 1. The van der Waals surface area contributed by atoms with Crippen LogP contribution in [0.1, 0.15) is 44.5 Å². The van der Waals surface area contributed by atoms with Crippen LogP contribution in [0.4, 0.5) is 0 Å². The predicted octanol–water partition coefficient (Wildman–Crippen LogP) is 3.08. The van der Waals surface area contributed by atoms with Crippen molar-refractivity contribution in [2.45, 2.75) is 40.0 Å². The lowest BCUT2D eigenvalue weighted by Gasteiger charge is -2.20. The van der Waals surface area contributed by atoms with Crippen molar-refractivity contribution in [3.8, 4) is 0 Å². The maximum absolute atomic E-state index is 11.3. The van der Waals surface area contributed by atoms with Crippen molar-refractivity contribution in [3.63, 3.8) is 0 Å². The SMILES string of the molecule is CC(=O)CC(C)(C)Cc1nc(Cc2ccc3cn[nH]c3c2)no1. The summed E-state index contributed by atoms with van der Waals surface area (Å²) in [5, 5.41) is 12.1. The molecular weight excluding hydrogens is 292 g/mol. The van der Waals surface area contributed by atoms with Gasteiger partial charge in [0.05, 0.1) is 11.7 Å². The summed E-state index contributed by atoms with van der Waals surface area (Å²) in [5.41, 5.74) is 1.91. The van der Waals surface area contributed by atoms with Gasteiger partial charge in [-0.3, -0.25) is 5.10 Å². The fourth-order valence-electron chi connectivity index (χ4n) is 2.86. The monoisotopic (exact) mass is 312 g/mol. The molecule has 1 N–H and O–H groups in total. The summed E-state index contributed by atoms with van der Waals surface area (Å²) in [5.74, 6) is 1.40. The first-order valence-corrected chi connectivity index (χ1v) is 7.64. The fourth-order valence-corrected chi connectivity index (χ4v) is 2.86. The molecule has 0 bridgehead atoms. The van der Waals surface area contributed by atoms with Crippen LogP contribution in [0.3, 0.4) is 0 Å². The highest BCUT2D eigenvalue weighted by Crippen LogP contribution is 2.25. The number of Topliss-reactive ketones (excluding diaryl/α,β-unsaturated/α-hetero) is 1. The summed E-state index contributed by atoms with van der Waals surface area (Å²) in [4.78, 5) is 15.8. The average molecular weight is 312 g/mol. The zero-order valence-corrected chi connectivity index (χ0v) is 13.6. The molecule has 0 amide bonds. The number of fused-ring (bicyclic) bond motifs is 1. The van der Waals surface area contributed by atoms with Crippen molar-refractivity contribution in [1.29, 1.82) is 0 Å². The third-order valence-electron chi connectivity index (χ3n) is 3.74. The van der Waals surface area contributed by atoms with Gasteiger partial charge >= 0.3 is 0 Å². The first-order chi connectivity index (χ1) is 10.9. The summed E-state index contributed by atoms with van der Waals surface area (Å²) in [7, 11) is 0. The number of hydrogen-bond acceptors (Lipinski definition) is 5. The van der Waals surface area contributed by atoms with Gasteiger partial charge in [-0.05, 0) is 24.0 Å². The largest absolute Gasteiger partial charge is 0.339 e. The Morgan fingerprint density at radius 3 is 2.96 bits per heavy atom. The topological polar surface area (TPSA) is 84.7 Å². The number of aromatic amines is 1. The average Bonchev–Trinajstić information content (AvgIpc) is 3.05. The van der Waals surface area contributed by atoms with Crippen LogP contribution in [0.2, 0.25) is 0 Å². The molecule has 0 unspecified atom stereocenters. The molecule has 0 saturated heterocycles. The Balaban J connectivity index is 1.70. The Kier molecular flexibility index (Phi) is 3.98. The summed E-state index contributed by atoms with van der Waals surface area (Å²) < 4.78 is 5.33. The van der Waals surface area contributed by atoms with E-state index >= 15 is 0 Å². The fraction of sp³-hybridized carbons (Fsp3) is 0.412. The molecular formula is C17H20N4O2. The zero-order chi connectivity index (χ0) is 16.4. The Bertz CT molecular complexity index is 832. The summed E-state index contributed by atoms with van der Waals surface area (Å²) in [6.07, 6.45) is 3.49. The van der Waals surface area contributed by atoms with Crippen LogP contribution < -0.4 is 0 Å². The maximum atomic E-state index is 11.3. The lowest BCUT2D eigenvalue weighted by molar-refractivity contribution is -0.118. The van der Waals surface area contributed by atoms with Crippen LogP contribution in [-0.4, -0.2) is 26.1 Å². The lowest BCUT2D eigenvalue weighted by Crippen LogP contribution is -2.18. The highest BCUT2D eigenvalue weighted by atomic mass is 16.5. The first kappa shape index (κ1) is 15.4. The molecule has 2 aromatic heterocycles. The van der Waals surface area contributed by atoms with Gasteiger partial charge in [-0.25, -0.2) is 0 Å². The number of rotatable bonds is 6. The molecule has 0 fully saturated rings. The molecule has 6 nitrogen and oxygen atoms in total. The summed E-state index contributed by atoms with van der Waals surface area (Å²) in [6, 6.07) is 6.09. The lowest BCUT2D eigenvalue weighted by atomic mass is 9.84. The van der Waals surface area contributed by atoms with Crippen molar-refractivity contribution >= 4 is 16.7 Å². The smallest absolute Gasteiger partial charge is 0.227 e. The van der Waals surface area contributed by atoms with E-state index in [1.54, 1.807) is 13.1 Å². The first-order valence-electron chi connectivity index (χ1n) is 7.64. The van der Waals surface area contributed by atoms with E-state index in [1.165, 1.54) is 0 Å². The number of carbonyl (C=O) groups excluding carboxylic acids is 1. The van der Waals surface area contributed by atoms with Gasteiger partial charge in [0.2, 0.25) is 5.89 Å². The molecule has 0 atom stereocenters. The van der Waals surface area contributed by atoms with E-state index in [0.717, 1.165) is 16.5 Å². The molecule has 3 rings (SSSR count). The van der Waals surface area contributed by atoms with Gasteiger partial charge in [0.15, 0.2) is 5.82 Å². The number of benzene rings is 1. The van der Waals surface area contributed by atoms with Crippen LogP contribution >= 0.6 is 0 Å². The molecule has 0 spiro atoms. The quantitative estimate of drug-likeness (QED) is 0.756. The molecule has 0 aliphatic carbocycles. The molecule has 2 heterocycles. The van der Waals surface area contributed by atoms with Gasteiger partial charge in [-0.15, -0.1) is 0 Å². The van der Waals surface area contributed by atoms with E-state index in [1.807, 2.05) is 32.0 Å². The summed E-state index contributed by atoms with van der Waals surface area (Å²) in [6.45, 7) is 5.67. The van der Waals surface area contributed by atoms with Gasteiger partial charge in [0.1, 0.15) is 5.78 Å². The number of nitrogens with zero attached hydrogens (tertiary/aromatic N) is 3. The molecule has 0 aliphatic heterocycles. The molecule has 3 aromatic rings. The van der Waals surface area contributed by atoms with E-state index in [-0.39, 0.29) is 11.2 Å². The highest BCUT2D eigenvalue weighted by molar-refractivity contribution is 5.78. The zero-order valence-electron chi connectivity index (χ0n) is 13.6. The van der Waals surface area contributed by atoms with Gasteiger partial charge in [-0.2, -0.15) is 10.1 Å². The van der Waals surface area contributed by atoms with Crippen molar-refractivity contribution in [2.24, 2.45) is 5.41 Å². The van der Waals surface area contributed by atoms with Crippen LogP contribution in [-0.2, 0) is 17.6 Å². The van der Waals surface area contributed by atoms with Gasteiger partial charge < -0.3 is 9.32 Å². The normalized spacial score (nSPS) is 12.0. The van der Waals surface area contributed by atoms with Crippen LogP contribution in [0.5, 0.6) is 0 Å². The van der Waals surface area contributed by atoms with Crippen LogP contribution in [0.15, 0.2) is 28.9 Å². The molecule has 1 aromatic carbocycles. The Morgan fingerprint density at radius 1 is 1.35 bits per heavy atom. The number of H-pyrrole nitrogens is 1. The van der Waals surface area contributed by atoms with Gasteiger partial charge in [0, 0.05) is 24.6 Å². The number of aromatic nitrogens is 4. The van der Waals surface area contributed by atoms with E-state index in [0.29, 0.717) is 31.0 Å². The Morgan fingerprint density at radius 2 is 2.17 bits per heavy atom. The van der Waals surface area contributed by atoms with Gasteiger partial charge in [-0.1, -0.05) is 31.1 Å². The van der Waals surface area contributed by atoms with E-state index < -0.39 is 0 Å². The predicted molar refractivity (Wildman–Crippen MR) is 86.0 cm³/mol. The molecule has 120 valence electrons. The van der Waals surface area contributed by atoms with Crippen LogP contribution in [0, 0.1) is 5.41 Å². The van der Waals surface area contributed by atoms with E-state index in [9.17, 15) is 4.79 Å². The van der Waals surface area contributed by atoms with Crippen LogP contribution in [0.25, 0.3) is 10.9 Å². The minimum absolute atomic E-state index is 0.169. The second-order valence-corrected chi connectivity index (χ2v) is 6.79. The second kappa shape index (κ2) is 5.95. The third kappa shape index (κ3) is 3.83. The molecule has 6 heteroatoms. The van der Waals surface area contributed by atoms with Crippen molar-refractivity contribution in [1.82, 2.24) is 20.3 Å². The maximum Gasteiger partial charge on any atom is 0.227 e. The molecule has 0 aliphatic rings. The number of ketones is 1. The molecule has 0 radical (unpaired) electrons. The van der Waals surface area contributed by atoms with Crippen molar-refractivity contribution in [3.05, 3.63) is 41.7 Å². The standard InChI is InChI=1S/C17H20N4O2/c1-11(22)8-17(2,3)9-16-19-15(21-23-16)7-12-4-5-13-10-18-20-14(13)6-12/h4-6,10H,7-9H2,1-3H3,(H,18,20). The Labute approximate surface area is 134 Å². The van der Waals surface area contributed by atoms with Crippen molar-refractivity contribution in [2.75, 3.05) is 0 Å².